The highest BCUT2D eigenvalue weighted by atomic mass is 19.1. The van der Waals surface area contributed by atoms with Crippen molar-refractivity contribution >= 4 is 11.8 Å². The van der Waals surface area contributed by atoms with Crippen molar-refractivity contribution in [1.29, 1.82) is 0 Å². The van der Waals surface area contributed by atoms with E-state index in [4.69, 9.17) is 4.74 Å². The van der Waals surface area contributed by atoms with Crippen molar-refractivity contribution in [2.75, 3.05) is 0 Å². The third-order valence-electron chi connectivity index (χ3n) is 8.88. The van der Waals surface area contributed by atoms with Gasteiger partial charge in [0.25, 0.3) is 0 Å². The average Bonchev–Trinajstić information content (AvgIpc) is 2.85. The van der Waals surface area contributed by atoms with Crippen molar-refractivity contribution in [3.8, 4) is 0 Å². The summed E-state index contributed by atoms with van der Waals surface area (Å²) in [5.74, 6) is -2.06. The minimum absolute atomic E-state index is 0.0383. The van der Waals surface area contributed by atoms with E-state index in [1.165, 1.54) is 12.2 Å². The second kappa shape index (κ2) is 6.49. The molecule has 0 bridgehead atoms. The molecule has 2 N–H and O–H groups in total. The van der Waals surface area contributed by atoms with E-state index in [1.807, 2.05) is 6.92 Å². The highest BCUT2D eigenvalue weighted by Crippen LogP contribution is 2.70. The van der Waals surface area contributed by atoms with Crippen LogP contribution in [0, 0.1) is 28.6 Å². The van der Waals surface area contributed by atoms with E-state index in [9.17, 15) is 19.8 Å². The van der Waals surface area contributed by atoms with Crippen LogP contribution >= 0.6 is 0 Å². The van der Waals surface area contributed by atoms with Crippen LogP contribution in [-0.4, -0.2) is 45.4 Å². The molecule has 0 aromatic carbocycles. The van der Waals surface area contributed by atoms with Gasteiger partial charge in [-0.2, -0.15) is 0 Å². The Hall–Kier alpha value is -1.53. The van der Waals surface area contributed by atoms with Crippen LogP contribution in [-0.2, 0) is 14.3 Å². The van der Waals surface area contributed by atoms with E-state index in [0.29, 0.717) is 19.3 Å². The molecule has 0 amide bonds. The lowest BCUT2D eigenvalue weighted by atomic mass is 9.45. The molecule has 0 heterocycles. The van der Waals surface area contributed by atoms with Crippen molar-refractivity contribution in [2.45, 2.75) is 83.8 Å². The van der Waals surface area contributed by atoms with Gasteiger partial charge in [-0.25, -0.2) is 9.18 Å². The number of ketones is 1. The Morgan fingerprint density at radius 2 is 1.97 bits per heavy atom. The number of esters is 1. The number of allylic oxidation sites excluding steroid dienone is 4. The van der Waals surface area contributed by atoms with Crippen molar-refractivity contribution in [3.05, 3.63) is 23.8 Å². The van der Waals surface area contributed by atoms with Crippen LogP contribution in [0.25, 0.3) is 0 Å². The number of fused-ring (bicyclic) bond motifs is 5. The fraction of sp³-hybridized carbons (Fsp3) is 0.750. The highest BCUT2D eigenvalue weighted by molar-refractivity contribution is 6.01. The van der Waals surface area contributed by atoms with Crippen LogP contribution < -0.4 is 0 Å². The summed E-state index contributed by atoms with van der Waals surface area (Å²) in [4.78, 5) is 24.9. The van der Waals surface area contributed by atoms with E-state index in [1.54, 1.807) is 33.8 Å². The van der Waals surface area contributed by atoms with Gasteiger partial charge in [0.05, 0.1) is 12.2 Å². The van der Waals surface area contributed by atoms with E-state index in [2.05, 4.69) is 0 Å². The predicted octanol–water partition coefficient (Wildman–Crippen LogP) is 3.29. The summed E-state index contributed by atoms with van der Waals surface area (Å²) in [6.45, 7) is 8.84. The lowest BCUT2D eigenvalue weighted by molar-refractivity contribution is -0.229. The molecule has 4 aliphatic rings. The zero-order valence-corrected chi connectivity index (χ0v) is 18.4. The first-order chi connectivity index (χ1) is 13.8. The standard InChI is InChI=1S/C24H33FO5/c1-13(2)30-20(28)24(29)14(3)10-18-17-7-6-15-11-16(26)8-9-21(15,4)23(17,25)19(27)12-22(18,24)5/h8-9,11,13-14,17-19,27,29H,6-7,10,12H2,1-5H3/t14-,17?,18?,19+,21+,22+,23+,24+/m1/s1. The van der Waals surface area contributed by atoms with Gasteiger partial charge in [0.1, 0.15) is 0 Å². The van der Waals surface area contributed by atoms with E-state index >= 15 is 4.39 Å². The van der Waals surface area contributed by atoms with Crippen LogP contribution in [0.2, 0.25) is 0 Å². The first kappa shape index (κ1) is 21.7. The zero-order chi connectivity index (χ0) is 22.3. The zero-order valence-electron chi connectivity index (χ0n) is 18.4. The molecule has 4 aliphatic carbocycles. The number of halogens is 1. The van der Waals surface area contributed by atoms with Gasteiger partial charge in [0.2, 0.25) is 0 Å². The first-order valence-corrected chi connectivity index (χ1v) is 11.1. The highest BCUT2D eigenvalue weighted by Gasteiger charge is 2.76. The SMILES string of the molecule is CC(C)OC(=O)[C@@]1(O)[C@H](C)CC2C3CCC4=CC(=O)C=C[C@]4(C)[C@@]3(F)[C@@H](O)C[C@@]21C. The average molecular weight is 421 g/mol. The molecular weight excluding hydrogens is 387 g/mol. The largest absolute Gasteiger partial charge is 0.461 e. The summed E-state index contributed by atoms with van der Waals surface area (Å²) >= 11 is 0. The Bertz CT molecular complexity index is 849. The molecule has 0 aromatic rings. The lowest BCUT2D eigenvalue weighted by Crippen LogP contribution is -2.69. The van der Waals surface area contributed by atoms with Crippen molar-refractivity contribution in [1.82, 2.24) is 0 Å². The van der Waals surface area contributed by atoms with Gasteiger partial charge < -0.3 is 14.9 Å². The van der Waals surface area contributed by atoms with Gasteiger partial charge in [-0.3, -0.25) is 4.79 Å². The molecule has 8 atom stereocenters. The number of carbonyl (C=O) groups excluding carboxylic acids is 2. The normalized spacial score (nSPS) is 49.9. The number of hydrogen-bond acceptors (Lipinski definition) is 5. The summed E-state index contributed by atoms with van der Waals surface area (Å²) < 4.78 is 22.4. The Labute approximate surface area is 177 Å². The van der Waals surface area contributed by atoms with Crippen molar-refractivity contribution < 1.29 is 28.9 Å². The number of hydrogen-bond donors (Lipinski definition) is 2. The number of alkyl halides is 1. The van der Waals surface area contributed by atoms with Crippen LogP contribution in [0.1, 0.15) is 60.3 Å². The maximum Gasteiger partial charge on any atom is 0.339 e. The molecule has 6 heteroatoms. The summed E-state index contributed by atoms with van der Waals surface area (Å²) in [5.41, 5.74) is -5.10. The van der Waals surface area contributed by atoms with Crippen LogP contribution in [0.5, 0.6) is 0 Å². The first-order valence-electron chi connectivity index (χ1n) is 11.1. The Morgan fingerprint density at radius 1 is 1.30 bits per heavy atom. The van der Waals surface area contributed by atoms with Crippen molar-refractivity contribution in [2.24, 2.45) is 28.6 Å². The van der Waals surface area contributed by atoms with Crippen LogP contribution in [0.4, 0.5) is 4.39 Å². The Kier molecular flexibility index (Phi) is 4.69. The second-order valence-corrected chi connectivity index (χ2v) is 10.6. The number of aliphatic hydroxyl groups excluding tert-OH is 1. The summed E-state index contributed by atoms with van der Waals surface area (Å²) in [6, 6.07) is 0. The van der Waals surface area contributed by atoms with Gasteiger partial charge in [-0.1, -0.05) is 25.5 Å². The monoisotopic (exact) mass is 420 g/mol. The molecule has 0 aromatic heterocycles. The molecule has 166 valence electrons. The smallest absolute Gasteiger partial charge is 0.339 e. The molecule has 30 heavy (non-hydrogen) atoms. The van der Waals surface area contributed by atoms with Crippen LogP contribution in [0.3, 0.4) is 0 Å². The molecule has 0 saturated heterocycles. The molecule has 2 unspecified atom stereocenters. The molecule has 5 nitrogen and oxygen atoms in total. The van der Waals surface area contributed by atoms with Crippen LogP contribution in [0.15, 0.2) is 23.8 Å². The van der Waals surface area contributed by atoms with Gasteiger partial charge in [-0.15, -0.1) is 0 Å². The van der Waals surface area contributed by atoms with E-state index in [-0.39, 0.29) is 24.2 Å². The van der Waals surface area contributed by atoms with E-state index < -0.39 is 46.0 Å². The van der Waals surface area contributed by atoms with Gasteiger partial charge >= 0.3 is 5.97 Å². The topological polar surface area (TPSA) is 83.8 Å². The molecule has 0 spiro atoms. The van der Waals surface area contributed by atoms with Gasteiger partial charge in [0, 0.05) is 16.7 Å². The molecule has 3 fully saturated rings. The number of carbonyl (C=O) groups is 2. The second-order valence-electron chi connectivity index (χ2n) is 10.6. The minimum Gasteiger partial charge on any atom is -0.461 e. The molecule has 0 radical (unpaired) electrons. The molecular formula is C24H33FO5. The maximum absolute atomic E-state index is 17.0. The number of ether oxygens (including phenoxy) is 1. The fourth-order valence-electron chi connectivity index (χ4n) is 7.29. The minimum atomic E-state index is -1.97. The summed E-state index contributed by atoms with van der Waals surface area (Å²) in [6.07, 6.45) is 4.23. The van der Waals surface area contributed by atoms with E-state index in [0.717, 1.165) is 5.57 Å². The predicted molar refractivity (Wildman–Crippen MR) is 109 cm³/mol. The van der Waals surface area contributed by atoms with Crippen molar-refractivity contribution in [3.63, 3.8) is 0 Å². The number of aliphatic hydroxyl groups is 2. The lowest BCUT2D eigenvalue weighted by Gasteiger charge is -2.62. The molecule has 4 rings (SSSR count). The third-order valence-corrected chi connectivity index (χ3v) is 8.88. The van der Waals surface area contributed by atoms with Gasteiger partial charge in [0.15, 0.2) is 17.1 Å². The van der Waals surface area contributed by atoms with Gasteiger partial charge in [-0.05, 0) is 70.4 Å². The quantitative estimate of drug-likeness (QED) is 0.670. The summed E-state index contributed by atoms with van der Waals surface area (Å²) in [5, 5.41) is 22.9. The summed E-state index contributed by atoms with van der Waals surface area (Å²) in [7, 11) is 0. The Balaban J connectivity index is 1.79. The third kappa shape index (κ3) is 2.41. The maximum atomic E-state index is 17.0. The molecule has 3 saturated carbocycles. The Morgan fingerprint density at radius 3 is 2.60 bits per heavy atom. The number of rotatable bonds is 2. The molecule has 0 aliphatic heterocycles. The fourth-order valence-corrected chi connectivity index (χ4v) is 7.29.